The number of rotatable bonds is 15. The maximum Gasteiger partial charge on any atom is 0.252 e. The first kappa shape index (κ1) is 42.6. The molecule has 5 aliphatic rings. The molecule has 0 aromatic carbocycles. The lowest BCUT2D eigenvalue weighted by Crippen LogP contribution is -2.69. The molecule has 20 N–H and O–H groups in total. The Kier molecular flexibility index (Phi) is 14.5. The molecule has 2 saturated heterocycles. The molecule has 5 rings (SSSR count). The molecule has 2 aliphatic carbocycles. The van der Waals surface area contributed by atoms with E-state index in [4.69, 9.17) is 62.2 Å². The molecule has 0 aromatic heterocycles. The minimum Gasteiger partial charge on any atom is -0.394 e. The molecule has 18 atom stereocenters. The van der Waals surface area contributed by atoms with Crippen LogP contribution in [0.3, 0.4) is 0 Å². The summed E-state index contributed by atoms with van der Waals surface area (Å²) < 4.78 is 35.8. The van der Waals surface area contributed by atoms with Crippen LogP contribution in [0.15, 0.2) is 12.2 Å². The van der Waals surface area contributed by atoms with E-state index >= 15 is 0 Å². The van der Waals surface area contributed by atoms with Crippen molar-refractivity contribution in [1.29, 1.82) is 0 Å². The van der Waals surface area contributed by atoms with Gasteiger partial charge in [-0.3, -0.25) is 4.79 Å². The lowest BCUT2D eigenvalue weighted by atomic mass is 9.75. The van der Waals surface area contributed by atoms with E-state index < -0.39 is 135 Å². The number of carbonyl (C=O) groups is 1. The summed E-state index contributed by atoms with van der Waals surface area (Å²) in [6.07, 6.45) is -15.0. The smallest absolute Gasteiger partial charge is 0.252 e. The van der Waals surface area contributed by atoms with Gasteiger partial charge in [0, 0.05) is 44.6 Å². The summed E-state index contributed by atoms with van der Waals surface area (Å²) in [4.78, 5) is 13.1. The summed E-state index contributed by atoms with van der Waals surface area (Å²) in [7, 11) is 0. The van der Waals surface area contributed by atoms with Crippen LogP contribution in [0.25, 0.3) is 0 Å². The molecule has 22 heteroatoms. The van der Waals surface area contributed by atoms with Crippen LogP contribution in [0, 0.1) is 0 Å². The molecular formula is C31H57N7O15. The van der Waals surface area contributed by atoms with Crippen molar-refractivity contribution in [2.75, 3.05) is 32.8 Å². The van der Waals surface area contributed by atoms with Crippen LogP contribution in [0.2, 0.25) is 0 Å². The van der Waals surface area contributed by atoms with E-state index in [1.54, 1.807) is 12.2 Å². The van der Waals surface area contributed by atoms with Gasteiger partial charge in [0.05, 0.1) is 43.5 Å². The van der Waals surface area contributed by atoms with Crippen molar-refractivity contribution in [2.45, 2.75) is 141 Å². The highest BCUT2D eigenvalue weighted by atomic mass is 16.8. The average molecular weight is 768 g/mol. The van der Waals surface area contributed by atoms with E-state index in [9.17, 15) is 40.5 Å². The molecule has 0 aromatic rings. The Morgan fingerprint density at radius 3 is 2.15 bits per heavy atom. The third-order valence-electron chi connectivity index (χ3n) is 10.4. The summed E-state index contributed by atoms with van der Waals surface area (Å²) in [5.74, 6) is -0.768. The highest BCUT2D eigenvalue weighted by Crippen LogP contribution is 2.36. The molecule has 3 heterocycles. The van der Waals surface area contributed by atoms with Crippen LogP contribution in [0.5, 0.6) is 0 Å². The van der Waals surface area contributed by atoms with Crippen molar-refractivity contribution in [3.05, 3.63) is 12.2 Å². The standard InChI is InChI=1S/C31H57N7O15/c32-6-17-21(43)22(44)19(36)28(49-17)52-25-18(10-40)50-29(23(25)45)53-26-20(42)16(38-30(46)31(47)4-11(33)5-31)3-15(35)24(26)51-27-14(34)2-1-13(48-27)8-37-7-12(41)9-39/h1-2,11-29,37,39-45,47H,3-10,32-36H2,(H,38,46)/t11?,12?,13-,14+,15-,16+,17-,18+,19+,20-,21+,22+,23+,24+,25+,26+,27+,28+,29-,31?/m0/s1. The van der Waals surface area contributed by atoms with Gasteiger partial charge in [0.15, 0.2) is 18.9 Å². The number of ether oxygens (including phenoxy) is 6. The molecule has 22 nitrogen and oxygen atoms in total. The quantitative estimate of drug-likeness (QED) is 0.0688. The van der Waals surface area contributed by atoms with Crippen molar-refractivity contribution < 1.29 is 74.1 Å². The minimum absolute atomic E-state index is 0.0151. The maximum absolute atomic E-state index is 13.1. The van der Waals surface area contributed by atoms with Gasteiger partial charge < -0.3 is 109 Å². The largest absolute Gasteiger partial charge is 0.394 e. The Morgan fingerprint density at radius 1 is 0.849 bits per heavy atom. The number of nitrogens with one attached hydrogen (secondary N) is 2. The van der Waals surface area contributed by atoms with Gasteiger partial charge in [-0.05, 0) is 6.42 Å². The molecule has 1 unspecified atom stereocenters. The number of aliphatic hydroxyl groups excluding tert-OH is 7. The first-order valence-electron chi connectivity index (χ1n) is 17.8. The van der Waals surface area contributed by atoms with E-state index in [-0.39, 0.29) is 44.9 Å². The maximum atomic E-state index is 13.1. The summed E-state index contributed by atoms with van der Waals surface area (Å²) in [5.41, 5.74) is 28.7. The molecule has 4 fully saturated rings. The summed E-state index contributed by atoms with van der Waals surface area (Å²) in [6, 6.07) is -4.53. The fraction of sp³-hybridized carbons (Fsp3) is 0.903. The Labute approximate surface area is 305 Å². The van der Waals surface area contributed by atoms with Crippen molar-refractivity contribution >= 4 is 5.91 Å². The number of carbonyl (C=O) groups excluding carboxylic acids is 1. The van der Waals surface area contributed by atoms with E-state index in [1.165, 1.54) is 0 Å². The minimum atomic E-state index is -1.74. The summed E-state index contributed by atoms with van der Waals surface area (Å²) >= 11 is 0. The second-order valence-electron chi connectivity index (χ2n) is 14.5. The molecule has 2 saturated carbocycles. The molecule has 53 heavy (non-hydrogen) atoms. The molecule has 0 bridgehead atoms. The van der Waals surface area contributed by atoms with Crippen molar-refractivity contribution in [1.82, 2.24) is 10.6 Å². The van der Waals surface area contributed by atoms with Gasteiger partial charge in [0.2, 0.25) is 0 Å². The lowest BCUT2D eigenvalue weighted by Gasteiger charge is -2.47. The molecular weight excluding hydrogens is 710 g/mol. The van der Waals surface area contributed by atoms with E-state index in [1.807, 2.05) is 0 Å². The fourth-order valence-electron chi connectivity index (χ4n) is 7.22. The van der Waals surface area contributed by atoms with Gasteiger partial charge in [0.25, 0.3) is 5.91 Å². The molecule has 0 spiro atoms. The number of nitrogens with two attached hydrogens (primary N) is 5. The highest BCUT2D eigenvalue weighted by Gasteiger charge is 2.55. The zero-order valence-electron chi connectivity index (χ0n) is 29.1. The molecule has 306 valence electrons. The van der Waals surface area contributed by atoms with E-state index in [0.29, 0.717) is 0 Å². The predicted octanol–water partition coefficient (Wildman–Crippen LogP) is -9.07. The second-order valence-corrected chi connectivity index (χ2v) is 14.5. The number of aliphatic hydroxyl groups is 8. The number of hydrogen-bond donors (Lipinski definition) is 15. The first-order valence-corrected chi connectivity index (χ1v) is 17.8. The third kappa shape index (κ3) is 9.52. The van der Waals surface area contributed by atoms with Crippen LogP contribution in [0.1, 0.15) is 19.3 Å². The van der Waals surface area contributed by atoms with Gasteiger partial charge in [-0.15, -0.1) is 0 Å². The zero-order valence-corrected chi connectivity index (χ0v) is 29.1. The van der Waals surface area contributed by atoms with Gasteiger partial charge in [-0.25, -0.2) is 0 Å². The SMILES string of the molecule is NC[C@@H]1O[C@H](O[C@H]2[C@@H](O)[C@H](O[C@@H]3[C@@H](O)[C@H](NC(=O)C4(O)CC(N)C4)C[C@H](N)[C@H]3O[C@H]3O[C@H](CNCC(O)CO)C=C[C@H]3N)O[C@@H]2CO)[C@H](N)[C@@H](O)[C@@H]1O. The Bertz CT molecular complexity index is 1220. The van der Waals surface area contributed by atoms with E-state index in [2.05, 4.69) is 10.6 Å². The van der Waals surface area contributed by atoms with Crippen molar-refractivity contribution in [3.8, 4) is 0 Å². The summed E-state index contributed by atoms with van der Waals surface area (Å²) in [5, 5.41) is 89.0. The normalized spacial score (nSPS) is 47.9. The monoisotopic (exact) mass is 767 g/mol. The van der Waals surface area contributed by atoms with Crippen LogP contribution >= 0.6 is 0 Å². The summed E-state index contributed by atoms with van der Waals surface area (Å²) in [6.45, 7) is -1.02. The van der Waals surface area contributed by atoms with Crippen LogP contribution in [-0.4, -0.2) is 201 Å². The first-order chi connectivity index (χ1) is 25.1. The number of amides is 1. The zero-order chi connectivity index (χ0) is 38.8. The highest BCUT2D eigenvalue weighted by molar-refractivity contribution is 5.86. The Hall–Kier alpha value is -1.59. The molecule has 3 aliphatic heterocycles. The molecule has 0 radical (unpaired) electrons. The Balaban J connectivity index is 1.33. The van der Waals surface area contributed by atoms with Crippen LogP contribution in [-0.2, 0) is 33.2 Å². The van der Waals surface area contributed by atoms with Gasteiger partial charge in [-0.2, -0.15) is 0 Å². The fourth-order valence-corrected chi connectivity index (χ4v) is 7.22. The second kappa shape index (κ2) is 18.1. The molecule has 1 amide bonds. The topological polar surface area (TPSA) is 388 Å². The average Bonchev–Trinajstić information content (AvgIpc) is 3.41. The Morgan fingerprint density at radius 2 is 1.51 bits per heavy atom. The third-order valence-corrected chi connectivity index (χ3v) is 10.4. The van der Waals surface area contributed by atoms with Gasteiger partial charge in [-0.1, -0.05) is 12.2 Å². The van der Waals surface area contributed by atoms with Crippen molar-refractivity contribution in [2.24, 2.45) is 28.7 Å². The predicted molar refractivity (Wildman–Crippen MR) is 179 cm³/mol. The van der Waals surface area contributed by atoms with E-state index in [0.717, 1.165) is 0 Å². The van der Waals surface area contributed by atoms with Gasteiger partial charge in [0.1, 0.15) is 60.5 Å². The lowest BCUT2D eigenvalue weighted by molar-refractivity contribution is -0.284. The van der Waals surface area contributed by atoms with Crippen LogP contribution in [0.4, 0.5) is 0 Å². The number of hydrogen-bond acceptors (Lipinski definition) is 21. The van der Waals surface area contributed by atoms with Gasteiger partial charge >= 0.3 is 0 Å². The van der Waals surface area contributed by atoms with Crippen molar-refractivity contribution in [3.63, 3.8) is 0 Å². The van der Waals surface area contributed by atoms with Crippen LogP contribution < -0.4 is 39.3 Å².